The minimum atomic E-state index is -0.360. The molecule has 0 aromatic heterocycles. The van der Waals surface area contributed by atoms with E-state index in [1.807, 2.05) is 12.1 Å². The van der Waals surface area contributed by atoms with E-state index in [0.29, 0.717) is 16.6 Å². The number of hydrogen-bond acceptors (Lipinski definition) is 5. The number of piperidine rings is 1. The number of carbonyl (C=O) groups excluding carboxylic acids is 2. The Bertz CT molecular complexity index is 970. The van der Waals surface area contributed by atoms with Gasteiger partial charge in [0.15, 0.2) is 0 Å². The third-order valence-corrected chi connectivity index (χ3v) is 6.87. The maximum Gasteiger partial charge on any atom is 0.251 e. The number of benzene rings is 2. The zero-order valence-corrected chi connectivity index (χ0v) is 19.3. The summed E-state index contributed by atoms with van der Waals surface area (Å²) < 4.78 is 10.8. The van der Waals surface area contributed by atoms with Crippen LogP contribution in [0.5, 0.6) is 11.5 Å². The summed E-state index contributed by atoms with van der Waals surface area (Å²) in [5.74, 6) is 1.98. The van der Waals surface area contributed by atoms with Crippen molar-refractivity contribution in [3.05, 3.63) is 53.1 Å². The summed E-state index contributed by atoms with van der Waals surface area (Å²) in [5.41, 5.74) is 1.78. The molecule has 0 aliphatic carbocycles. The van der Waals surface area contributed by atoms with Crippen molar-refractivity contribution in [3.8, 4) is 11.5 Å². The van der Waals surface area contributed by atoms with Gasteiger partial charge in [-0.1, -0.05) is 17.7 Å². The first kappa shape index (κ1) is 22.6. The van der Waals surface area contributed by atoms with E-state index >= 15 is 0 Å². The van der Waals surface area contributed by atoms with Crippen LogP contribution in [-0.4, -0.2) is 50.1 Å². The van der Waals surface area contributed by atoms with Crippen LogP contribution >= 0.6 is 11.6 Å². The van der Waals surface area contributed by atoms with Crippen molar-refractivity contribution in [2.75, 3.05) is 32.2 Å². The van der Waals surface area contributed by atoms with Crippen molar-refractivity contribution in [1.82, 2.24) is 4.90 Å². The predicted octanol–water partition coefficient (Wildman–Crippen LogP) is 4.33. The summed E-state index contributed by atoms with van der Waals surface area (Å²) in [7, 11) is 3.34. The number of nitrogens with zero attached hydrogens (tertiary/aromatic N) is 2. The fraction of sp³-hybridized carbons (Fsp3) is 0.440. The summed E-state index contributed by atoms with van der Waals surface area (Å²) in [5, 5.41) is 0.582. The van der Waals surface area contributed by atoms with Gasteiger partial charge >= 0.3 is 0 Å². The standard InChI is InChI=1S/C25H29ClN2O4/c1-31-21-10-5-18(23(15-21)32-2)4-3-17-11-13-27(14-12-17)22-16-24(29)28(25(22)30)20-8-6-19(26)7-9-20/h5-10,15,17,22H,3-4,11-14,16H2,1-2H3/t22-/m0/s1. The van der Waals surface area contributed by atoms with Crippen molar-refractivity contribution < 1.29 is 19.1 Å². The minimum absolute atomic E-state index is 0.126. The summed E-state index contributed by atoms with van der Waals surface area (Å²) in [4.78, 5) is 29.1. The van der Waals surface area contributed by atoms with Gasteiger partial charge in [-0.05, 0) is 80.6 Å². The van der Waals surface area contributed by atoms with Crippen LogP contribution in [0.1, 0.15) is 31.2 Å². The Morgan fingerprint density at radius 1 is 1.00 bits per heavy atom. The molecule has 4 rings (SSSR count). The number of rotatable bonds is 7. The zero-order chi connectivity index (χ0) is 22.7. The smallest absolute Gasteiger partial charge is 0.251 e. The van der Waals surface area contributed by atoms with Gasteiger partial charge in [0.2, 0.25) is 5.91 Å². The molecule has 2 aromatic rings. The molecule has 7 heteroatoms. The van der Waals surface area contributed by atoms with Gasteiger partial charge in [-0.2, -0.15) is 0 Å². The Kier molecular flexibility index (Phi) is 7.01. The highest BCUT2D eigenvalue weighted by atomic mass is 35.5. The number of methoxy groups -OCH3 is 2. The van der Waals surface area contributed by atoms with Crippen molar-refractivity contribution in [1.29, 1.82) is 0 Å². The average Bonchev–Trinajstić information content (AvgIpc) is 3.12. The lowest BCUT2D eigenvalue weighted by atomic mass is 9.89. The molecule has 2 saturated heterocycles. The Morgan fingerprint density at radius 2 is 1.72 bits per heavy atom. The third kappa shape index (κ3) is 4.76. The highest BCUT2D eigenvalue weighted by Gasteiger charge is 2.43. The highest BCUT2D eigenvalue weighted by molar-refractivity contribution is 6.30. The number of amides is 2. The van der Waals surface area contributed by atoms with E-state index in [1.165, 1.54) is 10.5 Å². The van der Waals surface area contributed by atoms with Crippen molar-refractivity contribution in [2.24, 2.45) is 5.92 Å². The van der Waals surface area contributed by atoms with E-state index in [2.05, 4.69) is 11.0 Å². The molecule has 2 fully saturated rings. The zero-order valence-electron chi connectivity index (χ0n) is 18.6. The molecule has 0 bridgehead atoms. The van der Waals surface area contributed by atoms with E-state index in [0.717, 1.165) is 50.3 Å². The first-order chi connectivity index (χ1) is 15.5. The molecule has 170 valence electrons. The average molecular weight is 457 g/mol. The molecular weight excluding hydrogens is 428 g/mol. The van der Waals surface area contributed by atoms with Gasteiger partial charge in [-0.15, -0.1) is 0 Å². The molecule has 2 aliphatic rings. The van der Waals surface area contributed by atoms with E-state index < -0.39 is 0 Å². The maximum atomic E-state index is 13.0. The molecule has 6 nitrogen and oxygen atoms in total. The molecule has 2 amide bonds. The second-order valence-corrected chi connectivity index (χ2v) is 8.90. The predicted molar refractivity (Wildman–Crippen MR) is 125 cm³/mol. The van der Waals surface area contributed by atoms with Crippen LogP contribution in [0.25, 0.3) is 0 Å². The SMILES string of the molecule is COc1ccc(CCC2CCN([C@H]3CC(=O)N(c4ccc(Cl)cc4)C3=O)CC2)c(OC)c1. The molecule has 0 saturated carbocycles. The number of imide groups is 1. The van der Waals surface area contributed by atoms with Crippen molar-refractivity contribution in [2.45, 2.75) is 38.1 Å². The summed E-state index contributed by atoms with van der Waals surface area (Å²) >= 11 is 5.94. The lowest BCUT2D eigenvalue weighted by molar-refractivity contribution is -0.123. The lowest BCUT2D eigenvalue weighted by Crippen LogP contribution is -2.46. The first-order valence-corrected chi connectivity index (χ1v) is 11.4. The van der Waals surface area contributed by atoms with Crippen molar-refractivity contribution >= 4 is 29.1 Å². The summed E-state index contributed by atoms with van der Waals surface area (Å²) in [6, 6.07) is 12.5. The Morgan fingerprint density at radius 3 is 2.38 bits per heavy atom. The molecule has 0 unspecified atom stereocenters. The number of ether oxygens (including phenoxy) is 2. The maximum absolute atomic E-state index is 13.0. The molecular formula is C25H29ClN2O4. The highest BCUT2D eigenvalue weighted by Crippen LogP contribution is 2.32. The van der Waals surface area contributed by atoms with Gasteiger partial charge < -0.3 is 9.47 Å². The molecule has 0 radical (unpaired) electrons. The van der Waals surface area contributed by atoms with Crippen LogP contribution in [-0.2, 0) is 16.0 Å². The van der Waals surface area contributed by atoms with Crippen LogP contribution in [0, 0.1) is 5.92 Å². The molecule has 1 atom stereocenters. The molecule has 2 aromatic carbocycles. The molecule has 2 heterocycles. The molecule has 0 spiro atoms. The van der Waals surface area contributed by atoms with Gasteiger partial charge in [0.1, 0.15) is 11.5 Å². The lowest BCUT2D eigenvalue weighted by Gasteiger charge is -2.34. The van der Waals surface area contributed by atoms with Gasteiger partial charge in [-0.25, -0.2) is 4.90 Å². The second-order valence-electron chi connectivity index (χ2n) is 8.46. The number of aryl methyl sites for hydroxylation is 1. The molecule has 32 heavy (non-hydrogen) atoms. The van der Waals surface area contributed by atoms with Crippen LogP contribution in [0.3, 0.4) is 0 Å². The van der Waals surface area contributed by atoms with E-state index in [1.54, 1.807) is 38.5 Å². The quantitative estimate of drug-likeness (QED) is 0.580. The first-order valence-electron chi connectivity index (χ1n) is 11.1. The number of halogens is 1. The van der Waals surface area contributed by atoms with Crippen LogP contribution < -0.4 is 14.4 Å². The Hall–Kier alpha value is -2.57. The Labute approximate surface area is 194 Å². The second kappa shape index (κ2) is 9.92. The van der Waals surface area contributed by atoms with E-state index in [-0.39, 0.29) is 24.3 Å². The topological polar surface area (TPSA) is 59.1 Å². The summed E-state index contributed by atoms with van der Waals surface area (Å²) in [6.07, 6.45) is 4.32. The normalized spacial score (nSPS) is 20.1. The van der Waals surface area contributed by atoms with Gasteiger partial charge in [0, 0.05) is 11.1 Å². The fourth-order valence-corrected chi connectivity index (χ4v) is 4.86. The van der Waals surface area contributed by atoms with Crippen LogP contribution in [0.2, 0.25) is 5.02 Å². The summed E-state index contributed by atoms with van der Waals surface area (Å²) in [6.45, 7) is 1.67. The van der Waals surface area contributed by atoms with E-state index in [9.17, 15) is 9.59 Å². The van der Waals surface area contributed by atoms with Gasteiger partial charge in [0.05, 0.1) is 32.4 Å². The third-order valence-electron chi connectivity index (χ3n) is 6.61. The number of anilines is 1. The fourth-order valence-electron chi connectivity index (χ4n) is 4.73. The Balaban J connectivity index is 1.32. The number of likely N-dealkylation sites (tertiary alicyclic amines) is 1. The molecule has 2 aliphatic heterocycles. The van der Waals surface area contributed by atoms with Crippen LogP contribution in [0.15, 0.2) is 42.5 Å². The number of carbonyl (C=O) groups is 2. The van der Waals surface area contributed by atoms with Gasteiger partial charge in [0.25, 0.3) is 5.91 Å². The van der Waals surface area contributed by atoms with Gasteiger partial charge in [-0.3, -0.25) is 14.5 Å². The number of hydrogen-bond donors (Lipinski definition) is 0. The largest absolute Gasteiger partial charge is 0.497 e. The van der Waals surface area contributed by atoms with E-state index in [4.69, 9.17) is 21.1 Å². The minimum Gasteiger partial charge on any atom is -0.497 e. The molecule has 0 N–H and O–H groups in total. The van der Waals surface area contributed by atoms with Crippen LogP contribution in [0.4, 0.5) is 5.69 Å². The van der Waals surface area contributed by atoms with Crippen molar-refractivity contribution in [3.63, 3.8) is 0 Å². The monoisotopic (exact) mass is 456 g/mol.